The number of aryl methyl sites for hydroxylation is 2. The topological polar surface area (TPSA) is 146 Å². The summed E-state index contributed by atoms with van der Waals surface area (Å²) in [4.78, 5) is 44.7. The van der Waals surface area contributed by atoms with Crippen molar-refractivity contribution in [3.05, 3.63) is 80.6 Å². The van der Waals surface area contributed by atoms with E-state index < -0.39 is 5.91 Å². The molecular formula is C29H30N4O6. The van der Waals surface area contributed by atoms with Crippen LogP contribution in [0.3, 0.4) is 0 Å². The molecule has 0 fully saturated rings. The lowest BCUT2D eigenvalue weighted by Gasteiger charge is -2.16. The second-order valence-electron chi connectivity index (χ2n) is 8.96. The maximum atomic E-state index is 12.9. The standard InChI is InChI=1S/C29H30N4O6/c1-15-11-18(27-32-21-13-19(37-4)14-22(38-5)24(21)29(36)33-27)12-16(2)25(15)39-10-9-17-7-6-8-20(26(30)34)23(17)28(35)31-3/h6-8,11-14H,9-10H2,1-5H3,(H2,30,34)(H,31,35)(H,32,33,36). The number of nitrogens with zero attached hydrogens (tertiary/aromatic N) is 1. The highest BCUT2D eigenvalue weighted by Crippen LogP contribution is 2.32. The molecule has 39 heavy (non-hydrogen) atoms. The van der Waals surface area contributed by atoms with Crippen LogP contribution in [0.5, 0.6) is 17.2 Å². The van der Waals surface area contributed by atoms with E-state index in [1.165, 1.54) is 27.3 Å². The Hall–Kier alpha value is -4.86. The lowest BCUT2D eigenvalue weighted by Crippen LogP contribution is -2.25. The molecule has 10 nitrogen and oxygen atoms in total. The molecule has 0 aliphatic rings. The Kier molecular flexibility index (Phi) is 7.85. The Morgan fingerprint density at radius 1 is 1.05 bits per heavy atom. The predicted molar refractivity (Wildman–Crippen MR) is 148 cm³/mol. The van der Waals surface area contributed by atoms with E-state index in [0.29, 0.717) is 51.5 Å². The molecule has 2 amide bonds. The zero-order valence-corrected chi connectivity index (χ0v) is 22.4. The van der Waals surface area contributed by atoms with Gasteiger partial charge in [-0.2, -0.15) is 0 Å². The van der Waals surface area contributed by atoms with Gasteiger partial charge >= 0.3 is 0 Å². The molecule has 0 radical (unpaired) electrons. The zero-order valence-electron chi connectivity index (χ0n) is 22.4. The minimum atomic E-state index is -0.670. The van der Waals surface area contributed by atoms with Gasteiger partial charge < -0.3 is 30.2 Å². The maximum absolute atomic E-state index is 12.9. The number of nitrogens with one attached hydrogen (secondary N) is 2. The Morgan fingerprint density at radius 3 is 2.38 bits per heavy atom. The summed E-state index contributed by atoms with van der Waals surface area (Å²) in [5.74, 6) is 0.929. The summed E-state index contributed by atoms with van der Waals surface area (Å²) < 4.78 is 16.8. The first-order valence-corrected chi connectivity index (χ1v) is 12.2. The van der Waals surface area contributed by atoms with Crippen LogP contribution < -0.4 is 30.8 Å². The number of aromatic nitrogens is 2. The highest BCUT2D eigenvalue weighted by Gasteiger charge is 2.19. The van der Waals surface area contributed by atoms with Crippen LogP contribution in [0.1, 0.15) is 37.4 Å². The quantitative estimate of drug-likeness (QED) is 0.301. The van der Waals surface area contributed by atoms with Gasteiger partial charge in [-0.1, -0.05) is 12.1 Å². The van der Waals surface area contributed by atoms with Crippen LogP contribution in [0.4, 0.5) is 0 Å². The summed E-state index contributed by atoms with van der Waals surface area (Å²) in [5.41, 5.74) is 9.07. The molecule has 0 aliphatic carbocycles. The highest BCUT2D eigenvalue weighted by atomic mass is 16.5. The van der Waals surface area contributed by atoms with Gasteiger partial charge in [-0.25, -0.2) is 4.98 Å². The third kappa shape index (κ3) is 5.40. The molecule has 0 saturated heterocycles. The van der Waals surface area contributed by atoms with Crippen molar-refractivity contribution >= 4 is 22.7 Å². The molecule has 1 heterocycles. The van der Waals surface area contributed by atoms with Gasteiger partial charge in [0.2, 0.25) is 5.91 Å². The van der Waals surface area contributed by atoms with E-state index in [1.54, 1.807) is 24.3 Å². The predicted octanol–water partition coefficient (Wildman–Crippen LogP) is 3.30. The average Bonchev–Trinajstić information content (AvgIpc) is 2.92. The number of benzene rings is 3. The lowest BCUT2D eigenvalue weighted by molar-refractivity contribution is 0.0942. The molecule has 202 valence electrons. The fourth-order valence-electron chi connectivity index (χ4n) is 4.61. The molecule has 0 spiro atoms. The van der Waals surface area contributed by atoms with E-state index in [9.17, 15) is 14.4 Å². The third-order valence-corrected chi connectivity index (χ3v) is 6.42. The molecule has 0 unspecified atom stereocenters. The number of rotatable bonds is 9. The summed E-state index contributed by atoms with van der Waals surface area (Å²) in [5, 5.41) is 2.90. The molecule has 0 atom stereocenters. The van der Waals surface area contributed by atoms with Gasteiger partial charge in [0.15, 0.2) is 0 Å². The highest BCUT2D eigenvalue weighted by molar-refractivity contribution is 6.07. The third-order valence-electron chi connectivity index (χ3n) is 6.42. The van der Waals surface area contributed by atoms with Crippen molar-refractivity contribution in [1.82, 2.24) is 15.3 Å². The number of ether oxygens (including phenoxy) is 3. The molecule has 10 heteroatoms. The summed E-state index contributed by atoms with van der Waals surface area (Å²) >= 11 is 0. The Balaban J connectivity index is 1.62. The van der Waals surface area contributed by atoms with E-state index >= 15 is 0 Å². The van der Waals surface area contributed by atoms with E-state index in [0.717, 1.165) is 11.1 Å². The molecule has 4 N–H and O–H groups in total. The first kappa shape index (κ1) is 27.2. The van der Waals surface area contributed by atoms with Gasteiger partial charge in [0, 0.05) is 31.2 Å². The van der Waals surface area contributed by atoms with Crippen molar-refractivity contribution in [3.63, 3.8) is 0 Å². The van der Waals surface area contributed by atoms with Crippen LogP contribution in [-0.2, 0) is 6.42 Å². The lowest BCUT2D eigenvalue weighted by atomic mass is 9.97. The minimum Gasteiger partial charge on any atom is -0.497 e. The Labute approximate surface area is 225 Å². The molecule has 0 bridgehead atoms. The van der Waals surface area contributed by atoms with Crippen molar-refractivity contribution in [2.24, 2.45) is 5.73 Å². The second-order valence-corrected chi connectivity index (χ2v) is 8.96. The number of amides is 2. The molecular weight excluding hydrogens is 500 g/mol. The van der Waals surface area contributed by atoms with Crippen LogP contribution in [0, 0.1) is 13.8 Å². The fourth-order valence-corrected chi connectivity index (χ4v) is 4.61. The number of hydrogen-bond acceptors (Lipinski definition) is 7. The van der Waals surface area contributed by atoms with E-state index in [4.69, 9.17) is 19.9 Å². The first-order chi connectivity index (χ1) is 18.7. The summed E-state index contributed by atoms with van der Waals surface area (Å²) in [6.07, 6.45) is 0.383. The van der Waals surface area contributed by atoms with Gasteiger partial charge in [-0.05, 0) is 48.7 Å². The van der Waals surface area contributed by atoms with E-state index in [1.807, 2.05) is 26.0 Å². The summed E-state index contributed by atoms with van der Waals surface area (Å²) in [7, 11) is 4.52. The Morgan fingerprint density at radius 2 is 1.77 bits per heavy atom. The molecule has 4 aromatic rings. The smallest absolute Gasteiger partial charge is 0.262 e. The molecule has 1 aromatic heterocycles. The van der Waals surface area contributed by atoms with E-state index in [2.05, 4.69) is 15.3 Å². The van der Waals surface area contributed by atoms with Gasteiger partial charge in [0.1, 0.15) is 28.5 Å². The number of primary amides is 1. The molecule has 3 aromatic carbocycles. The van der Waals surface area contributed by atoms with Gasteiger partial charge in [0.25, 0.3) is 11.5 Å². The zero-order chi connectivity index (χ0) is 28.3. The normalized spacial score (nSPS) is 10.8. The largest absolute Gasteiger partial charge is 0.497 e. The van der Waals surface area contributed by atoms with Crippen LogP contribution in [-0.4, -0.2) is 49.7 Å². The monoisotopic (exact) mass is 530 g/mol. The van der Waals surface area contributed by atoms with Gasteiger partial charge in [-0.3, -0.25) is 14.4 Å². The fraction of sp³-hybridized carbons (Fsp3) is 0.241. The van der Waals surface area contributed by atoms with Crippen LogP contribution >= 0.6 is 0 Å². The SMILES string of the molecule is CNC(=O)c1c(CCOc2c(C)cc(-c3nc4cc(OC)cc(OC)c4c(=O)[nH]3)cc2C)cccc1C(N)=O. The first-order valence-electron chi connectivity index (χ1n) is 12.2. The number of methoxy groups -OCH3 is 2. The van der Waals surface area contributed by atoms with Crippen molar-refractivity contribution in [2.45, 2.75) is 20.3 Å². The van der Waals surface area contributed by atoms with Gasteiger partial charge in [-0.15, -0.1) is 0 Å². The molecule has 0 saturated carbocycles. The average molecular weight is 531 g/mol. The maximum Gasteiger partial charge on any atom is 0.262 e. The number of H-pyrrole nitrogens is 1. The minimum absolute atomic E-state index is 0.163. The van der Waals surface area contributed by atoms with Crippen LogP contribution in [0.25, 0.3) is 22.3 Å². The number of hydrogen-bond donors (Lipinski definition) is 3. The second kappa shape index (κ2) is 11.3. The number of fused-ring (bicyclic) bond motifs is 1. The number of aromatic amines is 1. The van der Waals surface area contributed by atoms with Gasteiger partial charge in [0.05, 0.1) is 37.5 Å². The van der Waals surface area contributed by atoms with Crippen LogP contribution in [0.2, 0.25) is 0 Å². The number of carbonyl (C=O) groups excluding carboxylic acids is 2. The van der Waals surface area contributed by atoms with Crippen LogP contribution in [0.15, 0.2) is 47.3 Å². The van der Waals surface area contributed by atoms with Crippen molar-refractivity contribution < 1.29 is 23.8 Å². The molecule has 4 rings (SSSR count). The van der Waals surface area contributed by atoms with Crippen molar-refractivity contribution in [3.8, 4) is 28.6 Å². The van der Waals surface area contributed by atoms with Crippen molar-refractivity contribution in [1.29, 1.82) is 0 Å². The van der Waals surface area contributed by atoms with Crippen molar-refractivity contribution in [2.75, 3.05) is 27.9 Å². The Bertz CT molecular complexity index is 1620. The number of carbonyl (C=O) groups is 2. The molecule has 0 aliphatic heterocycles. The summed E-state index contributed by atoms with van der Waals surface area (Å²) in [6.45, 7) is 4.07. The van der Waals surface area contributed by atoms with E-state index in [-0.39, 0.29) is 29.2 Å². The summed E-state index contributed by atoms with van der Waals surface area (Å²) in [6, 6.07) is 12.1. The number of nitrogens with two attached hydrogens (primary N) is 1.